The van der Waals surface area contributed by atoms with Crippen molar-refractivity contribution in [3.05, 3.63) is 40.3 Å². The minimum Gasteiger partial charge on any atom is -0.346 e. The highest BCUT2D eigenvalue weighted by molar-refractivity contribution is 7.09. The van der Waals surface area contributed by atoms with E-state index >= 15 is 0 Å². The van der Waals surface area contributed by atoms with Gasteiger partial charge in [0, 0.05) is 17.6 Å². The summed E-state index contributed by atoms with van der Waals surface area (Å²) in [7, 11) is 0. The number of piperidine rings is 1. The van der Waals surface area contributed by atoms with E-state index in [4.69, 9.17) is 0 Å². The van der Waals surface area contributed by atoms with E-state index in [2.05, 4.69) is 15.7 Å². The number of hydrogen-bond donors (Lipinski definition) is 2. The molecule has 0 bridgehead atoms. The summed E-state index contributed by atoms with van der Waals surface area (Å²) in [6.45, 7) is 2.57. The quantitative estimate of drug-likeness (QED) is 0.905. The summed E-state index contributed by atoms with van der Waals surface area (Å²) >= 11 is 1.64. The predicted octanol–water partition coefficient (Wildman–Crippen LogP) is 2.22. The molecule has 1 atom stereocenters. The Bertz CT molecular complexity index is 563. The smallest absolute Gasteiger partial charge is 0.272 e. The van der Waals surface area contributed by atoms with E-state index in [1.165, 1.54) is 0 Å². The largest absolute Gasteiger partial charge is 0.346 e. The van der Waals surface area contributed by atoms with Crippen molar-refractivity contribution in [1.29, 1.82) is 0 Å². The molecule has 1 unspecified atom stereocenters. The monoisotopic (exact) mass is 326 g/mol. The average molecular weight is 327 g/mol. The summed E-state index contributed by atoms with van der Waals surface area (Å²) in [5.41, 5.74) is 0.493. The molecule has 114 valence electrons. The van der Waals surface area contributed by atoms with Crippen LogP contribution in [0.25, 0.3) is 0 Å². The average Bonchev–Trinajstić information content (AvgIpc) is 3.17. The van der Waals surface area contributed by atoms with Crippen LogP contribution >= 0.6 is 23.7 Å². The van der Waals surface area contributed by atoms with Crippen molar-refractivity contribution >= 4 is 29.7 Å². The van der Waals surface area contributed by atoms with Crippen LogP contribution in [0.3, 0.4) is 0 Å². The van der Waals surface area contributed by atoms with Gasteiger partial charge >= 0.3 is 0 Å². The minimum absolute atomic E-state index is 0. The van der Waals surface area contributed by atoms with E-state index in [0.29, 0.717) is 18.3 Å². The zero-order chi connectivity index (χ0) is 13.8. The molecule has 0 aromatic carbocycles. The van der Waals surface area contributed by atoms with E-state index < -0.39 is 0 Å². The lowest BCUT2D eigenvalue weighted by atomic mass is 10.1. The maximum atomic E-state index is 12.0. The van der Waals surface area contributed by atoms with Crippen molar-refractivity contribution in [1.82, 2.24) is 20.4 Å². The molecule has 0 aliphatic carbocycles. The number of hydrogen-bond acceptors (Lipinski definition) is 4. The number of aromatic nitrogens is 2. The maximum Gasteiger partial charge on any atom is 0.272 e. The molecule has 1 fully saturated rings. The Morgan fingerprint density at radius 3 is 3.14 bits per heavy atom. The Morgan fingerprint density at radius 1 is 1.52 bits per heavy atom. The molecule has 0 saturated carbocycles. The van der Waals surface area contributed by atoms with Gasteiger partial charge in [0.05, 0.1) is 12.6 Å². The van der Waals surface area contributed by atoms with E-state index in [1.807, 2.05) is 28.4 Å². The highest BCUT2D eigenvalue weighted by atomic mass is 35.5. The fraction of sp³-hybridized carbons (Fsp3) is 0.429. The summed E-state index contributed by atoms with van der Waals surface area (Å²) < 4.78 is 1.91. The molecule has 2 aromatic heterocycles. The molecular weight excluding hydrogens is 308 g/mol. The maximum absolute atomic E-state index is 12.0. The summed E-state index contributed by atoms with van der Waals surface area (Å²) in [6, 6.07) is 6.15. The first-order chi connectivity index (χ1) is 9.83. The van der Waals surface area contributed by atoms with E-state index in [-0.39, 0.29) is 18.3 Å². The molecule has 0 spiro atoms. The number of carbonyl (C=O) groups is 1. The minimum atomic E-state index is -0.110. The van der Waals surface area contributed by atoms with Gasteiger partial charge in [0.2, 0.25) is 0 Å². The topological polar surface area (TPSA) is 59.0 Å². The number of rotatable bonds is 4. The fourth-order valence-electron chi connectivity index (χ4n) is 2.39. The second kappa shape index (κ2) is 7.59. The van der Waals surface area contributed by atoms with Crippen LogP contribution < -0.4 is 10.6 Å². The SMILES string of the molecule is Cl.O=C(NCc1cccs1)c1ccn(C2CCCNC2)n1. The molecule has 3 rings (SSSR count). The molecule has 1 saturated heterocycles. The molecule has 1 aliphatic rings. The van der Waals surface area contributed by atoms with Gasteiger partial charge in [-0.1, -0.05) is 6.07 Å². The molecule has 2 N–H and O–H groups in total. The molecule has 1 aliphatic heterocycles. The number of amides is 1. The third-order valence-electron chi connectivity index (χ3n) is 3.49. The zero-order valence-electron chi connectivity index (χ0n) is 11.6. The number of nitrogens with one attached hydrogen (secondary N) is 2. The molecule has 3 heterocycles. The third-order valence-corrected chi connectivity index (χ3v) is 4.37. The summed E-state index contributed by atoms with van der Waals surface area (Å²) in [4.78, 5) is 13.2. The highest BCUT2D eigenvalue weighted by Gasteiger charge is 2.17. The van der Waals surface area contributed by atoms with Crippen molar-refractivity contribution in [3.63, 3.8) is 0 Å². The van der Waals surface area contributed by atoms with Crippen molar-refractivity contribution in [3.8, 4) is 0 Å². The predicted molar refractivity (Wildman–Crippen MR) is 86.1 cm³/mol. The first kappa shape index (κ1) is 16.0. The number of thiophene rings is 1. The van der Waals surface area contributed by atoms with Crippen molar-refractivity contribution < 1.29 is 4.79 Å². The molecule has 2 aromatic rings. The van der Waals surface area contributed by atoms with Gasteiger partial charge in [-0.25, -0.2) is 0 Å². The van der Waals surface area contributed by atoms with E-state index in [1.54, 1.807) is 17.4 Å². The van der Waals surface area contributed by atoms with Gasteiger partial charge in [0.1, 0.15) is 5.69 Å². The van der Waals surface area contributed by atoms with Crippen molar-refractivity contribution in [2.45, 2.75) is 25.4 Å². The Labute approximate surface area is 134 Å². The van der Waals surface area contributed by atoms with Gasteiger partial charge in [-0.3, -0.25) is 9.48 Å². The van der Waals surface area contributed by atoms with Crippen molar-refractivity contribution in [2.24, 2.45) is 0 Å². The molecule has 0 radical (unpaired) electrons. The van der Waals surface area contributed by atoms with Crippen LogP contribution in [0, 0.1) is 0 Å². The molecular formula is C14H19ClN4OS. The van der Waals surface area contributed by atoms with Crippen LogP contribution in [0.5, 0.6) is 0 Å². The fourth-order valence-corrected chi connectivity index (χ4v) is 3.04. The Morgan fingerprint density at radius 2 is 2.43 bits per heavy atom. The second-order valence-corrected chi connectivity index (χ2v) is 5.98. The van der Waals surface area contributed by atoms with Gasteiger partial charge in [0.25, 0.3) is 5.91 Å². The van der Waals surface area contributed by atoms with Gasteiger partial charge in [-0.05, 0) is 36.9 Å². The van der Waals surface area contributed by atoms with E-state index in [9.17, 15) is 4.79 Å². The van der Waals surface area contributed by atoms with Crippen LogP contribution in [-0.2, 0) is 6.54 Å². The highest BCUT2D eigenvalue weighted by Crippen LogP contribution is 2.15. The Hall–Kier alpha value is -1.37. The zero-order valence-corrected chi connectivity index (χ0v) is 13.3. The van der Waals surface area contributed by atoms with Gasteiger partial charge < -0.3 is 10.6 Å². The number of nitrogens with zero attached hydrogens (tertiary/aromatic N) is 2. The van der Waals surface area contributed by atoms with Gasteiger partial charge in [-0.15, -0.1) is 23.7 Å². The molecule has 1 amide bonds. The standard InChI is InChI=1S/C14H18N4OS.ClH/c19-14(16-10-12-4-2-8-20-12)13-5-7-18(17-13)11-3-1-6-15-9-11;/h2,4-5,7-8,11,15H,1,3,6,9-10H2,(H,16,19);1H. The first-order valence-electron chi connectivity index (χ1n) is 6.89. The van der Waals surface area contributed by atoms with Crippen LogP contribution in [0.15, 0.2) is 29.8 Å². The van der Waals surface area contributed by atoms with Crippen molar-refractivity contribution in [2.75, 3.05) is 13.1 Å². The van der Waals surface area contributed by atoms with Crippen LogP contribution in [0.4, 0.5) is 0 Å². The van der Waals surface area contributed by atoms with Crippen LogP contribution in [-0.4, -0.2) is 28.8 Å². The lowest BCUT2D eigenvalue weighted by Gasteiger charge is -2.22. The summed E-state index contributed by atoms with van der Waals surface area (Å²) in [5, 5.41) is 12.7. The molecule has 7 heteroatoms. The Kier molecular flexibility index (Phi) is 5.78. The summed E-state index contributed by atoms with van der Waals surface area (Å²) in [6.07, 6.45) is 4.17. The normalized spacial score (nSPS) is 18.0. The number of halogens is 1. The molecule has 21 heavy (non-hydrogen) atoms. The lowest BCUT2D eigenvalue weighted by molar-refractivity contribution is 0.0945. The lowest BCUT2D eigenvalue weighted by Crippen LogP contribution is -2.32. The first-order valence-corrected chi connectivity index (χ1v) is 7.77. The van der Waals surface area contributed by atoms with Crippen LogP contribution in [0.1, 0.15) is 34.2 Å². The van der Waals surface area contributed by atoms with Gasteiger partial charge in [-0.2, -0.15) is 5.10 Å². The van der Waals surface area contributed by atoms with Gasteiger partial charge in [0.15, 0.2) is 0 Å². The Balaban J connectivity index is 0.00000161. The number of carbonyl (C=O) groups excluding carboxylic acids is 1. The van der Waals surface area contributed by atoms with E-state index in [0.717, 1.165) is 30.8 Å². The molecule has 5 nitrogen and oxygen atoms in total. The van der Waals surface area contributed by atoms with Crippen LogP contribution in [0.2, 0.25) is 0 Å². The summed E-state index contributed by atoms with van der Waals surface area (Å²) in [5.74, 6) is -0.110. The third kappa shape index (κ3) is 4.06. The second-order valence-electron chi connectivity index (χ2n) is 4.94.